The summed E-state index contributed by atoms with van der Waals surface area (Å²) in [6.07, 6.45) is 0. The van der Waals surface area contributed by atoms with Crippen molar-refractivity contribution in [3.63, 3.8) is 0 Å². The van der Waals surface area contributed by atoms with Gasteiger partial charge in [-0.25, -0.2) is 4.98 Å². The van der Waals surface area contributed by atoms with Gasteiger partial charge in [0.1, 0.15) is 5.82 Å². The van der Waals surface area contributed by atoms with Crippen LogP contribution in [-0.2, 0) is 11.3 Å². The van der Waals surface area contributed by atoms with Crippen LogP contribution in [0.4, 0.5) is 0 Å². The number of amides is 1. The fourth-order valence-corrected chi connectivity index (χ4v) is 1.64. The van der Waals surface area contributed by atoms with Crippen molar-refractivity contribution < 1.29 is 4.79 Å². The maximum absolute atomic E-state index is 11.6. The fraction of sp³-hybridized carbons (Fsp3) is 0.556. The molecule has 0 aliphatic heterocycles. The quantitative estimate of drug-likeness (QED) is 0.748. The third kappa shape index (κ3) is 3.90. The van der Waals surface area contributed by atoms with Crippen molar-refractivity contribution in [1.82, 2.24) is 20.1 Å². The van der Waals surface area contributed by atoms with Crippen LogP contribution in [0, 0.1) is 18.3 Å². The van der Waals surface area contributed by atoms with Crippen molar-refractivity contribution >= 4 is 17.7 Å². The molecule has 0 radical (unpaired) electrons. The lowest BCUT2D eigenvalue weighted by Crippen LogP contribution is -2.28. The minimum Gasteiger partial charge on any atom is -0.337 e. The van der Waals surface area contributed by atoms with Gasteiger partial charge in [0.05, 0.1) is 24.1 Å². The monoisotopic (exact) mass is 239 g/mol. The van der Waals surface area contributed by atoms with E-state index in [1.54, 1.807) is 18.9 Å². The van der Waals surface area contributed by atoms with Crippen LogP contribution in [0.3, 0.4) is 0 Å². The average Bonchev–Trinajstić information content (AvgIpc) is 2.64. The molecule has 86 valence electrons. The highest BCUT2D eigenvalue weighted by molar-refractivity contribution is 8.00. The van der Waals surface area contributed by atoms with Crippen LogP contribution < -0.4 is 0 Å². The second-order valence-electron chi connectivity index (χ2n) is 3.24. The molecule has 16 heavy (non-hydrogen) atoms. The smallest absolute Gasteiger partial charge is 0.232 e. The second-order valence-corrected chi connectivity index (χ2v) is 4.22. The maximum atomic E-state index is 11.6. The minimum absolute atomic E-state index is 0.0253. The van der Waals surface area contributed by atoms with Crippen LogP contribution in [0.15, 0.2) is 0 Å². The molecule has 1 aromatic heterocycles. The van der Waals surface area contributed by atoms with E-state index < -0.39 is 0 Å². The number of thioether (sulfide) groups is 1. The molecule has 0 spiro atoms. The number of nitriles is 1. The summed E-state index contributed by atoms with van der Waals surface area (Å²) < 4.78 is 0. The Labute approximate surface area is 98.0 Å². The van der Waals surface area contributed by atoms with Gasteiger partial charge in [-0.15, -0.1) is 11.8 Å². The summed E-state index contributed by atoms with van der Waals surface area (Å²) in [6, 6.07) is 1.98. The van der Waals surface area contributed by atoms with E-state index in [9.17, 15) is 4.79 Å². The lowest BCUT2D eigenvalue weighted by Gasteiger charge is -2.14. The molecule has 7 heteroatoms. The van der Waals surface area contributed by atoms with Crippen molar-refractivity contribution in [3.05, 3.63) is 11.6 Å². The Morgan fingerprint density at radius 1 is 1.69 bits per heavy atom. The Morgan fingerprint density at radius 3 is 3.00 bits per heavy atom. The van der Waals surface area contributed by atoms with Gasteiger partial charge in [0, 0.05) is 7.05 Å². The number of carbonyl (C=O) groups is 1. The Kier molecular flexibility index (Phi) is 4.79. The number of aromatic amines is 1. The first kappa shape index (κ1) is 12.5. The van der Waals surface area contributed by atoms with Gasteiger partial charge in [0.25, 0.3) is 0 Å². The normalized spacial score (nSPS) is 9.81. The number of hydrogen-bond donors (Lipinski definition) is 1. The maximum Gasteiger partial charge on any atom is 0.232 e. The van der Waals surface area contributed by atoms with E-state index in [4.69, 9.17) is 5.26 Å². The number of nitrogens with one attached hydrogen (secondary N) is 1. The number of rotatable bonds is 5. The summed E-state index contributed by atoms with van der Waals surface area (Å²) in [5.74, 6) is 1.95. The topological polar surface area (TPSA) is 85.7 Å². The Morgan fingerprint density at radius 2 is 2.44 bits per heavy atom. The van der Waals surface area contributed by atoms with Crippen molar-refractivity contribution in [2.75, 3.05) is 18.6 Å². The highest BCUT2D eigenvalue weighted by Crippen LogP contribution is 2.03. The highest BCUT2D eigenvalue weighted by atomic mass is 32.2. The van der Waals surface area contributed by atoms with Crippen molar-refractivity contribution in [1.29, 1.82) is 5.26 Å². The summed E-state index contributed by atoms with van der Waals surface area (Å²) in [4.78, 5) is 17.2. The molecule has 0 fully saturated rings. The number of aromatic nitrogens is 3. The van der Waals surface area contributed by atoms with Gasteiger partial charge in [0.2, 0.25) is 5.91 Å². The highest BCUT2D eigenvalue weighted by Gasteiger charge is 2.11. The Balaban J connectivity index is 2.37. The molecule has 1 N–H and O–H groups in total. The zero-order chi connectivity index (χ0) is 12.0. The molecule has 1 aromatic rings. The van der Waals surface area contributed by atoms with Gasteiger partial charge in [-0.2, -0.15) is 10.4 Å². The van der Waals surface area contributed by atoms with Crippen molar-refractivity contribution in [2.24, 2.45) is 0 Å². The molecule has 0 unspecified atom stereocenters. The third-order valence-electron chi connectivity index (χ3n) is 1.84. The molecule has 1 rings (SSSR count). The number of aryl methyl sites for hydroxylation is 1. The molecule has 0 aliphatic carbocycles. The number of carbonyl (C=O) groups excluding carboxylic acids is 1. The van der Waals surface area contributed by atoms with E-state index in [2.05, 4.69) is 15.2 Å². The van der Waals surface area contributed by atoms with Gasteiger partial charge in [-0.05, 0) is 6.92 Å². The molecule has 0 saturated heterocycles. The lowest BCUT2D eigenvalue weighted by atomic mass is 10.5. The zero-order valence-electron chi connectivity index (χ0n) is 9.23. The summed E-state index contributed by atoms with van der Waals surface area (Å²) in [5.41, 5.74) is 0. The summed E-state index contributed by atoms with van der Waals surface area (Å²) in [7, 11) is 1.70. The SMILES string of the molecule is Cc1nc(CN(C)C(=O)CSCC#N)n[nH]1. The van der Waals surface area contributed by atoms with Crippen LogP contribution in [0.1, 0.15) is 11.6 Å². The number of H-pyrrole nitrogens is 1. The third-order valence-corrected chi connectivity index (χ3v) is 2.62. The van der Waals surface area contributed by atoms with E-state index >= 15 is 0 Å². The van der Waals surface area contributed by atoms with E-state index in [0.29, 0.717) is 23.9 Å². The molecule has 0 atom stereocenters. The Bertz CT molecular complexity index is 397. The summed E-state index contributed by atoms with van der Waals surface area (Å²) in [5, 5.41) is 15.0. The van der Waals surface area contributed by atoms with Gasteiger partial charge >= 0.3 is 0 Å². The average molecular weight is 239 g/mol. The predicted molar refractivity (Wildman–Crippen MR) is 60.5 cm³/mol. The van der Waals surface area contributed by atoms with E-state index in [0.717, 1.165) is 5.82 Å². The molecular weight excluding hydrogens is 226 g/mol. The van der Waals surface area contributed by atoms with Crippen molar-refractivity contribution in [3.8, 4) is 6.07 Å². The number of nitrogens with zero attached hydrogens (tertiary/aromatic N) is 4. The predicted octanol–water partition coefficient (Wildman–Crippen LogP) is 0.328. The molecule has 6 nitrogen and oxygen atoms in total. The van der Waals surface area contributed by atoms with Crippen LogP contribution in [0.25, 0.3) is 0 Å². The van der Waals surface area contributed by atoms with E-state index in [1.165, 1.54) is 11.8 Å². The van der Waals surface area contributed by atoms with Crippen LogP contribution in [0.2, 0.25) is 0 Å². The largest absolute Gasteiger partial charge is 0.337 e. The lowest BCUT2D eigenvalue weighted by molar-refractivity contribution is -0.127. The first-order chi connectivity index (χ1) is 7.63. The van der Waals surface area contributed by atoms with Crippen molar-refractivity contribution in [2.45, 2.75) is 13.5 Å². The van der Waals surface area contributed by atoms with Crippen LogP contribution >= 0.6 is 11.8 Å². The van der Waals surface area contributed by atoms with Gasteiger partial charge in [-0.3, -0.25) is 9.89 Å². The van der Waals surface area contributed by atoms with Gasteiger partial charge < -0.3 is 4.90 Å². The number of hydrogen-bond acceptors (Lipinski definition) is 5. The van der Waals surface area contributed by atoms with Gasteiger partial charge in [-0.1, -0.05) is 0 Å². The molecule has 0 aliphatic rings. The minimum atomic E-state index is -0.0253. The van der Waals surface area contributed by atoms with Crippen LogP contribution in [-0.4, -0.2) is 44.5 Å². The van der Waals surface area contributed by atoms with E-state index in [1.807, 2.05) is 6.07 Å². The molecule has 1 heterocycles. The van der Waals surface area contributed by atoms with E-state index in [-0.39, 0.29) is 5.91 Å². The molecular formula is C9H13N5OS. The standard InChI is InChI=1S/C9H13N5OS/c1-7-11-8(13-12-7)5-14(2)9(15)6-16-4-3-10/h4-6H2,1-2H3,(H,11,12,13). The summed E-state index contributed by atoms with van der Waals surface area (Å²) in [6.45, 7) is 2.19. The zero-order valence-corrected chi connectivity index (χ0v) is 10.0. The van der Waals surface area contributed by atoms with Crippen LogP contribution in [0.5, 0.6) is 0 Å². The van der Waals surface area contributed by atoms with Gasteiger partial charge in [0.15, 0.2) is 5.82 Å². The molecule has 0 aromatic carbocycles. The first-order valence-electron chi connectivity index (χ1n) is 4.70. The first-order valence-corrected chi connectivity index (χ1v) is 5.85. The fourth-order valence-electron chi connectivity index (χ4n) is 1.05. The molecule has 0 bridgehead atoms. The second kappa shape index (κ2) is 6.12. The Hall–Kier alpha value is -1.55. The molecule has 0 saturated carbocycles. The molecule has 1 amide bonds. The summed E-state index contributed by atoms with van der Waals surface area (Å²) >= 11 is 1.30.